The van der Waals surface area contributed by atoms with Crippen LogP contribution in [0.1, 0.15) is 48.7 Å². The van der Waals surface area contributed by atoms with Gasteiger partial charge < -0.3 is 19.1 Å². The van der Waals surface area contributed by atoms with Crippen molar-refractivity contribution in [3.8, 4) is 22.9 Å². The summed E-state index contributed by atoms with van der Waals surface area (Å²) < 4.78 is 13.4. The van der Waals surface area contributed by atoms with Gasteiger partial charge in [0.1, 0.15) is 18.2 Å². The first-order chi connectivity index (χ1) is 22.1. The zero-order valence-corrected chi connectivity index (χ0v) is 25.0. The van der Waals surface area contributed by atoms with E-state index in [4.69, 9.17) is 19.4 Å². The maximum atomic E-state index is 12.3. The molecule has 3 heterocycles. The number of imidazole rings is 1. The minimum atomic E-state index is -0.753. The van der Waals surface area contributed by atoms with Gasteiger partial charge in [0, 0.05) is 41.9 Å². The zero-order chi connectivity index (χ0) is 30.8. The van der Waals surface area contributed by atoms with Gasteiger partial charge in [0.15, 0.2) is 0 Å². The third-order valence-electron chi connectivity index (χ3n) is 8.65. The average Bonchev–Trinajstić information content (AvgIpc) is 3.44. The standard InChI is InChI=1S/C36H33N5O4/c1-44-36-37-19-26(20-38-36)24-12-10-23(11-13-24)21-41-33-17-16-28(45-22-27-15-14-25-6-2-5-9-31(25)39-27)18-32(33)40-34(41)29-7-3-4-8-30(29)35(42)43/h2,5-6,9-20,29-30H,3-4,7-8,21-22H2,1H3,(H,42,43)/t29-,30+/m0/s1. The highest BCUT2D eigenvalue weighted by Gasteiger charge is 2.35. The molecule has 3 aromatic heterocycles. The molecule has 7 rings (SSSR count). The first-order valence-corrected chi connectivity index (χ1v) is 15.2. The Kier molecular flexibility index (Phi) is 7.82. The lowest BCUT2D eigenvalue weighted by Gasteiger charge is -2.28. The van der Waals surface area contributed by atoms with Gasteiger partial charge in [0.25, 0.3) is 0 Å². The number of hydrogen-bond acceptors (Lipinski definition) is 7. The third-order valence-corrected chi connectivity index (χ3v) is 8.65. The number of carboxylic acids is 1. The van der Waals surface area contributed by atoms with Gasteiger partial charge in [-0.2, -0.15) is 0 Å². The van der Waals surface area contributed by atoms with Crippen LogP contribution in [0.15, 0.2) is 91.3 Å². The number of aromatic nitrogens is 5. The number of aliphatic carboxylic acids is 1. The highest BCUT2D eigenvalue weighted by Crippen LogP contribution is 2.39. The summed E-state index contributed by atoms with van der Waals surface area (Å²) in [6.07, 6.45) is 6.86. The van der Waals surface area contributed by atoms with Gasteiger partial charge in [0.05, 0.1) is 35.3 Å². The molecule has 3 aromatic carbocycles. The minimum Gasteiger partial charge on any atom is -0.487 e. The number of carbonyl (C=O) groups is 1. The van der Waals surface area contributed by atoms with Crippen LogP contribution in [0.5, 0.6) is 11.8 Å². The van der Waals surface area contributed by atoms with Crippen LogP contribution in [0.25, 0.3) is 33.1 Å². The Morgan fingerprint density at radius 3 is 2.49 bits per heavy atom. The molecule has 1 aliphatic rings. The summed E-state index contributed by atoms with van der Waals surface area (Å²) in [5.41, 5.74) is 6.49. The fourth-order valence-electron chi connectivity index (χ4n) is 6.30. The fraction of sp³-hybridized carbons (Fsp3) is 0.250. The molecule has 1 aliphatic carbocycles. The van der Waals surface area contributed by atoms with E-state index < -0.39 is 11.9 Å². The Bertz CT molecular complexity index is 1970. The Balaban J connectivity index is 1.19. The van der Waals surface area contributed by atoms with Crippen molar-refractivity contribution in [3.05, 3.63) is 108 Å². The second kappa shape index (κ2) is 12.4. The van der Waals surface area contributed by atoms with E-state index in [9.17, 15) is 9.90 Å². The SMILES string of the molecule is COc1ncc(-c2ccc(Cn3c([C@H]4CCCC[C@H]4C(=O)O)nc4cc(OCc5ccc6ccccc6n5)ccc43)cc2)cn1. The highest BCUT2D eigenvalue weighted by molar-refractivity contribution is 5.79. The van der Waals surface area contributed by atoms with Crippen molar-refractivity contribution in [3.63, 3.8) is 0 Å². The van der Waals surface area contributed by atoms with Crippen molar-refractivity contribution in [1.29, 1.82) is 0 Å². The molecule has 0 spiro atoms. The number of ether oxygens (including phenoxy) is 2. The Labute approximate surface area is 260 Å². The Morgan fingerprint density at radius 2 is 1.69 bits per heavy atom. The summed E-state index contributed by atoms with van der Waals surface area (Å²) in [6, 6.07) is 26.6. The smallest absolute Gasteiger partial charge is 0.316 e. The molecule has 0 amide bonds. The lowest BCUT2D eigenvalue weighted by Crippen LogP contribution is -2.27. The van der Waals surface area contributed by atoms with E-state index >= 15 is 0 Å². The van der Waals surface area contributed by atoms with Gasteiger partial charge in [0.2, 0.25) is 0 Å². The van der Waals surface area contributed by atoms with Crippen molar-refractivity contribution in [2.24, 2.45) is 5.92 Å². The summed E-state index contributed by atoms with van der Waals surface area (Å²) in [5, 5.41) is 11.2. The van der Waals surface area contributed by atoms with Crippen molar-refractivity contribution >= 4 is 27.9 Å². The summed E-state index contributed by atoms with van der Waals surface area (Å²) in [7, 11) is 1.54. The topological polar surface area (TPSA) is 112 Å². The van der Waals surface area contributed by atoms with Gasteiger partial charge in [-0.15, -0.1) is 0 Å². The molecule has 9 heteroatoms. The van der Waals surface area contributed by atoms with Gasteiger partial charge in [-0.1, -0.05) is 61.4 Å². The van der Waals surface area contributed by atoms with E-state index in [0.29, 0.717) is 31.3 Å². The predicted molar refractivity (Wildman–Crippen MR) is 171 cm³/mol. The number of hydrogen-bond donors (Lipinski definition) is 1. The Hall–Kier alpha value is -5.31. The number of rotatable bonds is 9. The Morgan fingerprint density at radius 1 is 0.889 bits per heavy atom. The molecule has 1 saturated carbocycles. The molecule has 1 N–H and O–H groups in total. The summed E-state index contributed by atoms with van der Waals surface area (Å²) in [4.78, 5) is 30.5. The first-order valence-electron chi connectivity index (χ1n) is 15.2. The lowest BCUT2D eigenvalue weighted by molar-refractivity contribution is -0.143. The van der Waals surface area contributed by atoms with E-state index in [1.807, 2.05) is 60.7 Å². The highest BCUT2D eigenvalue weighted by atomic mass is 16.5. The molecule has 2 atom stereocenters. The van der Waals surface area contributed by atoms with E-state index in [2.05, 4.69) is 32.7 Å². The molecule has 0 aliphatic heterocycles. The molecule has 0 saturated heterocycles. The molecule has 6 aromatic rings. The van der Waals surface area contributed by atoms with Gasteiger partial charge in [-0.3, -0.25) is 4.79 Å². The molecule has 0 radical (unpaired) electrons. The predicted octanol–water partition coefficient (Wildman–Crippen LogP) is 7.04. The molecule has 0 unspecified atom stereocenters. The van der Waals surface area contributed by atoms with Gasteiger partial charge >= 0.3 is 12.0 Å². The van der Waals surface area contributed by atoms with Crippen LogP contribution in [-0.4, -0.2) is 42.7 Å². The van der Waals surface area contributed by atoms with Crippen LogP contribution in [0.4, 0.5) is 0 Å². The van der Waals surface area contributed by atoms with E-state index in [-0.39, 0.29) is 5.92 Å². The number of nitrogens with zero attached hydrogens (tertiary/aromatic N) is 5. The number of benzene rings is 3. The molecular formula is C36H33N5O4. The van der Waals surface area contributed by atoms with Crippen LogP contribution < -0.4 is 9.47 Å². The lowest BCUT2D eigenvalue weighted by atomic mass is 9.78. The van der Waals surface area contributed by atoms with Crippen LogP contribution in [-0.2, 0) is 17.9 Å². The molecule has 1 fully saturated rings. The minimum absolute atomic E-state index is 0.162. The number of methoxy groups -OCH3 is 1. The number of pyridine rings is 1. The summed E-state index contributed by atoms with van der Waals surface area (Å²) in [6.45, 7) is 0.897. The fourth-order valence-corrected chi connectivity index (χ4v) is 6.30. The molecule has 45 heavy (non-hydrogen) atoms. The number of fused-ring (bicyclic) bond motifs is 2. The molecule has 226 valence electrons. The molecule has 9 nitrogen and oxygen atoms in total. The maximum absolute atomic E-state index is 12.3. The monoisotopic (exact) mass is 599 g/mol. The van der Waals surface area contributed by atoms with E-state index in [1.54, 1.807) is 19.5 Å². The quantitative estimate of drug-likeness (QED) is 0.188. The number of carboxylic acid groups (broad SMARTS) is 1. The average molecular weight is 600 g/mol. The molecule has 0 bridgehead atoms. The van der Waals surface area contributed by atoms with Crippen molar-refractivity contribution in [2.75, 3.05) is 7.11 Å². The van der Waals surface area contributed by atoms with Crippen LogP contribution in [0.3, 0.4) is 0 Å². The van der Waals surface area contributed by atoms with Gasteiger partial charge in [-0.05, 0) is 48.2 Å². The largest absolute Gasteiger partial charge is 0.487 e. The second-order valence-electron chi connectivity index (χ2n) is 11.5. The van der Waals surface area contributed by atoms with Crippen molar-refractivity contribution in [1.82, 2.24) is 24.5 Å². The normalized spacial score (nSPS) is 16.6. The van der Waals surface area contributed by atoms with Crippen LogP contribution in [0, 0.1) is 5.92 Å². The van der Waals surface area contributed by atoms with Crippen LogP contribution in [0.2, 0.25) is 0 Å². The molecular weight excluding hydrogens is 566 g/mol. The van der Waals surface area contributed by atoms with Crippen LogP contribution >= 0.6 is 0 Å². The van der Waals surface area contributed by atoms with Gasteiger partial charge in [-0.25, -0.2) is 19.9 Å². The first kappa shape index (κ1) is 28.5. The van der Waals surface area contributed by atoms with E-state index in [1.165, 1.54) is 0 Å². The second-order valence-corrected chi connectivity index (χ2v) is 11.5. The van der Waals surface area contributed by atoms with Crippen molar-refractivity contribution < 1.29 is 19.4 Å². The zero-order valence-electron chi connectivity index (χ0n) is 25.0. The maximum Gasteiger partial charge on any atom is 0.316 e. The third kappa shape index (κ3) is 5.93. The number of para-hydroxylation sites is 1. The van der Waals surface area contributed by atoms with E-state index in [0.717, 1.165) is 69.4 Å². The summed E-state index contributed by atoms with van der Waals surface area (Å²) in [5.74, 6) is 0.138. The van der Waals surface area contributed by atoms with Crippen molar-refractivity contribution in [2.45, 2.75) is 44.8 Å². The summed E-state index contributed by atoms with van der Waals surface area (Å²) >= 11 is 0.